The van der Waals surface area contributed by atoms with Gasteiger partial charge in [-0.05, 0) is 36.5 Å². The largest absolute Gasteiger partial charge is 0.228 e. The fraction of sp³-hybridized carbons (Fsp3) is 0.846. The molecule has 0 aromatic rings. The first-order valence-electron chi connectivity index (χ1n) is 6.30. The third-order valence-electron chi connectivity index (χ3n) is 3.98. The Kier molecular flexibility index (Phi) is 4.42. The van der Waals surface area contributed by atoms with Gasteiger partial charge < -0.3 is 0 Å². The average molecular weight is 259 g/mol. The molecule has 0 aromatic carbocycles. The highest BCUT2D eigenvalue weighted by atomic mass is 32.2. The Morgan fingerprint density at radius 2 is 1.88 bits per heavy atom. The van der Waals surface area contributed by atoms with E-state index in [-0.39, 0.29) is 0 Å². The number of rotatable bonds is 3. The third-order valence-corrected chi connectivity index (χ3v) is 5.21. The number of primary sulfonamides is 1. The van der Waals surface area contributed by atoms with Crippen molar-refractivity contribution < 1.29 is 8.42 Å². The van der Waals surface area contributed by atoms with E-state index in [0.717, 1.165) is 12.8 Å². The first kappa shape index (κ1) is 14.7. The summed E-state index contributed by atoms with van der Waals surface area (Å²) < 4.78 is 22.4. The van der Waals surface area contributed by atoms with Crippen molar-refractivity contribution in [3.8, 4) is 0 Å². The van der Waals surface area contributed by atoms with Gasteiger partial charge in [-0.25, -0.2) is 13.6 Å². The zero-order valence-electron chi connectivity index (χ0n) is 11.3. The van der Waals surface area contributed by atoms with E-state index in [9.17, 15) is 8.42 Å². The molecule has 0 amide bonds. The number of hydrogen-bond donors (Lipinski definition) is 1. The lowest BCUT2D eigenvalue weighted by Crippen LogP contribution is -2.30. The summed E-state index contributed by atoms with van der Waals surface area (Å²) in [5.41, 5.74) is 0.310. The van der Waals surface area contributed by atoms with Crippen molar-refractivity contribution in [2.45, 2.75) is 52.2 Å². The molecule has 0 heterocycles. The second-order valence-corrected chi connectivity index (χ2v) is 8.14. The lowest BCUT2D eigenvalue weighted by Gasteiger charge is -2.31. The maximum atomic E-state index is 11.2. The van der Waals surface area contributed by atoms with Gasteiger partial charge in [-0.2, -0.15) is 0 Å². The van der Waals surface area contributed by atoms with Crippen molar-refractivity contribution in [3.63, 3.8) is 0 Å². The Morgan fingerprint density at radius 3 is 2.24 bits per heavy atom. The number of nitrogens with two attached hydrogens (primary N) is 1. The Morgan fingerprint density at radius 1 is 1.29 bits per heavy atom. The molecular formula is C13H25NO2S. The van der Waals surface area contributed by atoms with Crippen LogP contribution in [0.3, 0.4) is 0 Å². The minimum Gasteiger partial charge on any atom is -0.228 e. The normalized spacial score (nSPS) is 28.1. The molecule has 0 radical (unpaired) electrons. The van der Waals surface area contributed by atoms with Crippen LogP contribution in [0, 0.1) is 17.3 Å². The Bertz CT molecular complexity index is 379. The summed E-state index contributed by atoms with van der Waals surface area (Å²) in [6.45, 7) is 9.01. The van der Waals surface area contributed by atoms with Gasteiger partial charge in [0.05, 0.1) is 5.25 Å². The van der Waals surface area contributed by atoms with E-state index in [4.69, 9.17) is 5.14 Å². The van der Waals surface area contributed by atoms with E-state index in [1.54, 1.807) is 6.08 Å². The molecule has 3 unspecified atom stereocenters. The van der Waals surface area contributed by atoms with Crippen molar-refractivity contribution in [3.05, 3.63) is 12.2 Å². The molecule has 1 rings (SSSR count). The van der Waals surface area contributed by atoms with Crippen molar-refractivity contribution in [2.24, 2.45) is 22.4 Å². The Balaban J connectivity index is 2.57. The van der Waals surface area contributed by atoms with Crippen molar-refractivity contribution >= 4 is 10.0 Å². The Hall–Kier alpha value is -0.350. The molecule has 1 aliphatic rings. The van der Waals surface area contributed by atoms with E-state index >= 15 is 0 Å². The molecule has 0 fully saturated rings. The number of sulfonamides is 1. The van der Waals surface area contributed by atoms with Gasteiger partial charge in [0.2, 0.25) is 10.0 Å². The highest BCUT2D eigenvalue weighted by molar-refractivity contribution is 7.89. The summed E-state index contributed by atoms with van der Waals surface area (Å²) in [6.07, 6.45) is 6.53. The van der Waals surface area contributed by atoms with E-state index in [1.165, 1.54) is 0 Å². The SMILES string of the molecule is CC(CC1C=CC(S(N)(=O)=O)CC1)C(C)(C)C. The van der Waals surface area contributed by atoms with E-state index < -0.39 is 15.3 Å². The molecule has 0 saturated heterocycles. The molecule has 4 heteroatoms. The summed E-state index contributed by atoms with van der Waals surface area (Å²) in [5.74, 6) is 1.13. The van der Waals surface area contributed by atoms with Gasteiger partial charge in [-0.3, -0.25) is 0 Å². The number of hydrogen-bond acceptors (Lipinski definition) is 2. The molecule has 3 atom stereocenters. The monoisotopic (exact) mass is 259 g/mol. The topological polar surface area (TPSA) is 60.2 Å². The molecule has 0 bridgehead atoms. The summed E-state index contributed by atoms with van der Waals surface area (Å²) in [5, 5.41) is 4.68. The molecule has 1 aliphatic carbocycles. The van der Waals surface area contributed by atoms with Crippen LogP contribution in [0.4, 0.5) is 0 Å². The molecule has 0 spiro atoms. The molecule has 0 saturated carbocycles. The predicted molar refractivity (Wildman–Crippen MR) is 72.0 cm³/mol. The number of allylic oxidation sites excluding steroid dienone is 1. The highest BCUT2D eigenvalue weighted by Crippen LogP contribution is 2.34. The molecule has 100 valence electrons. The van der Waals surface area contributed by atoms with Crippen LogP contribution in [0.25, 0.3) is 0 Å². The first-order valence-corrected chi connectivity index (χ1v) is 7.91. The van der Waals surface area contributed by atoms with Crippen LogP contribution >= 0.6 is 0 Å². The van der Waals surface area contributed by atoms with Crippen LogP contribution in [-0.4, -0.2) is 13.7 Å². The van der Waals surface area contributed by atoms with E-state index in [2.05, 4.69) is 27.7 Å². The van der Waals surface area contributed by atoms with Gasteiger partial charge >= 0.3 is 0 Å². The average Bonchev–Trinajstić information content (AvgIpc) is 2.15. The summed E-state index contributed by atoms with van der Waals surface area (Å²) in [6, 6.07) is 0. The van der Waals surface area contributed by atoms with Gasteiger partial charge in [-0.1, -0.05) is 39.8 Å². The smallest absolute Gasteiger partial charge is 0.215 e. The van der Waals surface area contributed by atoms with Crippen molar-refractivity contribution in [1.82, 2.24) is 0 Å². The van der Waals surface area contributed by atoms with Crippen LogP contribution in [0.5, 0.6) is 0 Å². The van der Waals surface area contributed by atoms with E-state index in [1.807, 2.05) is 6.08 Å². The third kappa shape index (κ3) is 4.43. The minimum absolute atomic E-state index is 0.310. The van der Waals surface area contributed by atoms with Gasteiger partial charge in [0, 0.05) is 0 Å². The molecule has 0 aromatic heterocycles. The van der Waals surface area contributed by atoms with Crippen molar-refractivity contribution in [2.75, 3.05) is 0 Å². The zero-order valence-corrected chi connectivity index (χ0v) is 12.1. The van der Waals surface area contributed by atoms with Gasteiger partial charge in [0.1, 0.15) is 0 Å². The van der Waals surface area contributed by atoms with E-state index in [0.29, 0.717) is 23.7 Å². The highest BCUT2D eigenvalue weighted by Gasteiger charge is 2.27. The van der Waals surface area contributed by atoms with Crippen molar-refractivity contribution in [1.29, 1.82) is 0 Å². The predicted octanol–water partition coefficient (Wildman–Crippen LogP) is 2.68. The van der Waals surface area contributed by atoms with Crippen LogP contribution in [0.1, 0.15) is 47.0 Å². The summed E-state index contributed by atoms with van der Waals surface area (Å²) in [7, 11) is -3.39. The summed E-state index contributed by atoms with van der Waals surface area (Å²) >= 11 is 0. The van der Waals surface area contributed by atoms with Crippen LogP contribution in [0.15, 0.2) is 12.2 Å². The molecule has 3 nitrogen and oxygen atoms in total. The molecule has 2 N–H and O–H groups in total. The standard InChI is InChI=1S/C13H25NO2S/c1-10(13(2,3)4)9-11-5-7-12(8-6-11)17(14,15)16/h5,7,10-12H,6,8-9H2,1-4H3,(H2,14,15,16). The zero-order chi connectivity index (χ0) is 13.3. The minimum atomic E-state index is -3.39. The quantitative estimate of drug-likeness (QED) is 0.792. The Labute approximate surface area is 106 Å². The maximum Gasteiger partial charge on any atom is 0.215 e. The van der Waals surface area contributed by atoms with Crippen LogP contribution in [0.2, 0.25) is 0 Å². The second kappa shape index (κ2) is 5.11. The van der Waals surface area contributed by atoms with Crippen LogP contribution in [-0.2, 0) is 10.0 Å². The van der Waals surface area contributed by atoms with Gasteiger partial charge in [0.15, 0.2) is 0 Å². The lowest BCUT2D eigenvalue weighted by atomic mass is 9.75. The fourth-order valence-corrected chi connectivity index (χ4v) is 2.90. The maximum absolute atomic E-state index is 11.2. The fourth-order valence-electron chi connectivity index (χ4n) is 2.13. The van der Waals surface area contributed by atoms with Crippen LogP contribution < -0.4 is 5.14 Å². The molecule has 17 heavy (non-hydrogen) atoms. The molecule has 0 aliphatic heterocycles. The van der Waals surface area contributed by atoms with Gasteiger partial charge in [0.25, 0.3) is 0 Å². The summed E-state index contributed by atoms with van der Waals surface area (Å²) in [4.78, 5) is 0. The lowest BCUT2D eigenvalue weighted by molar-refractivity contribution is 0.221. The second-order valence-electron chi connectivity index (χ2n) is 6.35. The molecular weight excluding hydrogens is 234 g/mol. The van der Waals surface area contributed by atoms with Gasteiger partial charge in [-0.15, -0.1) is 0 Å². The first-order chi connectivity index (χ1) is 7.60.